The zero-order valence-electron chi connectivity index (χ0n) is 16.3. The Bertz CT molecular complexity index is 1100. The highest BCUT2D eigenvalue weighted by Crippen LogP contribution is 2.46. The van der Waals surface area contributed by atoms with Gasteiger partial charge in [0.1, 0.15) is 6.04 Å². The first kappa shape index (κ1) is 17.9. The summed E-state index contributed by atoms with van der Waals surface area (Å²) in [4.78, 5) is 31.7. The molecule has 2 atom stereocenters. The third-order valence-corrected chi connectivity index (χ3v) is 5.98. The van der Waals surface area contributed by atoms with Crippen LogP contribution in [-0.2, 0) is 16.0 Å². The summed E-state index contributed by atoms with van der Waals surface area (Å²) < 4.78 is 5.06. The number of ether oxygens (including phenoxy) is 1. The number of aromatic amines is 1. The average Bonchev–Trinajstić information content (AvgIpc) is 3.27. The van der Waals surface area contributed by atoms with Gasteiger partial charge in [-0.25, -0.2) is 0 Å². The van der Waals surface area contributed by atoms with Crippen LogP contribution < -0.4 is 5.32 Å². The maximum absolute atomic E-state index is 13.3. The van der Waals surface area contributed by atoms with Gasteiger partial charge >= 0.3 is 0 Å². The van der Waals surface area contributed by atoms with Crippen molar-refractivity contribution in [3.8, 4) is 0 Å². The first-order valence-electron chi connectivity index (χ1n) is 9.98. The lowest BCUT2D eigenvalue weighted by Crippen LogP contribution is -2.52. The van der Waals surface area contributed by atoms with E-state index in [-0.39, 0.29) is 17.9 Å². The van der Waals surface area contributed by atoms with Crippen molar-refractivity contribution >= 4 is 22.7 Å². The lowest BCUT2D eigenvalue weighted by molar-refractivity contribution is -0.126. The summed E-state index contributed by atoms with van der Waals surface area (Å²) in [5, 5.41) is 4.12. The van der Waals surface area contributed by atoms with E-state index in [1.165, 1.54) is 0 Å². The molecule has 0 unspecified atom stereocenters. The maximum Gasteiger partial charge on any atom is 0.255 e. The fraction of sp³-hybridized carbons (Fsp3) is 0.304. The number of nitrogens with one attached hydrogen (secondary N) is 2. The molecule has 148 valence electrons. The summed E-state index contributed by atoms with van der Waals surface area (Å²) in [5.74, 6) is -0.185. The van der Waals surface area contributed by atoms with Crippen LogP contribution in [0.1, 0.15) is 39.6 Å². The molecule has 2 aliphatic heterocycles. The molecule has 3 aromatic rings. The van der Waals surface area contributed by atoms with Crippen molar-refractivity contribution in [2.45, 2.75) is 24.9 Å². The van der Waals surface area contributed by atoms with Crippen molar-refractivity contribution in [3.63, 3.8) is 0 Å². The van der Waals surface area contributed by atoms with Crippen molar-refractivity contribution in [1.29, 1.82) is 0 Å². The van der Waals surface area contributed by atoms with Crippen LogP contribution in [0.2, 0.25) is 0 Å². The lowest BCUT2D eigenvalue weighted by Gasteiger charge is -2.37. The number of nitrogens with zero attached hydrogens (tertiary/aromatic N) is 1. The molecule has 0 fully saturated rings. The standard InChI is InChI=1S/C23H23N3O3/c1-29-12-6-11-24-22(27)19-13-17-14-7-4-5-10-18(14)25-20(17)21-15-8-2-3-9-16(15)23(28)26(19)21/h2-5,7-10,19,21,25H,6,11-13H2,1H3,(H,24,27)/t19-,21+/m0/s1. The van der Waals surface area contributed by atoms with Crippen molar-refractivity contribution < 1.29 is 14.3 Å². The van der Waals surface area contributed by atoms with Crippen LogP contribution in [0.15, 0.2) is 48.5 Å². The molecule has 2 aliphatic rings. The van der Waals surface area contributed by atoms with Crippen molar-refractivity contribution in [2.75, 3.05) is 20.3 Å². The second-order valence-corrected chi connectivity index (χ2v) is 7.62. The van der Waals surface area contributed by atoms with Gasteiger partial charge in [0.25, 0.3) is 5.91 Å². The van der Waals surface area contributed by atoms with Gasteiger partial charge < -0.3 is 19.9 Å². The first-order valence-corrected chi connectivity index (χ1v) is 9.98. The Morgan fingerprint density at radius 1 is 1.21 bits per heavy atom. The SMILES string of the molecule is COCCCNC(=O)[C@@H]1Cc2c([nH]c3ccccc23)[C@H]2c3ccccc3C(=O)N21. The molecular weight excluding hydrogens is 366 g/mol. The van der Waals surface area contributed by atoms with E-state index in [9.17, 15) is 9.59 Å². The minimum absolute atomic E-state index is 0.0769. The molecule has 0 saturated heterocycles. The molecule has 3 heterocycles. The van der Waals surface area contributed by atoms with Gasteiger partial charge in [-0.15, -0.1) is 0 Å². The molecule has 5 rings (SSSR count). The topological polar surface area (TPSA) is 74.4 Å². The van der Waals surface area contributed by atoms with E-state index in [1.807, 2.05) is 42.5 Å². The third-order valence-electron chi connectivity index (χ3n) is 5.98. The van der Waals surface area contributed by atoms with E-state index >= 15 is 0 Å². The molecular formula is C23H23N3O3. The van der Waals surface area contributed by atoms with E-state index in [4.69, 9.17) is 4.74 Å². The van der Waals surface area contributed by atoms with Crippen LogP contribution in [0, 0.1) is 0 Å². The molecule has 0 saturated carbocycles. The summed E-state index contributed by atoms with van der Waals surface area (Å²) in [6, 6.07) is 15.0. The second-order valence-electron chi connectivity index (χ2n) is 7.62. The first-order chi connectivity index (χ1) is 14.2. The zero-order chi connectivity index (χ0) is 20.0. The van der Waals surface area contributed by atoms with E-state index in [2.05, 4.69) is 16.4 Å². The summed E-state index contributed by atoms with van der Waals surface area (Å²) in [5.41, 5.74) is 4.83. The number of carbonyl (C=O) groups is 2. The summed E-state index contributed by atoms with van der Waals surface area (Å²) in [6.45, 7) is 1.12. The quantitative estimate of drug-likeness (QED) is 0.659. The Hall–Kier alpha value is -3.12. The Balaban J connectivity index is 1.59. The van der Waals surface area contributed by atoms with Gasteiger partial charge in [-0.3, -0.25) is 9.59 Å². The molecule has 6 nitrogen and oxygen atoms in total. The highest BCUT2D eigenvalue weighted by molar-refractivity contribution is 6.03. The number of rotatable bonds is 5. The second kappa shape index (κ2) is 7.04. The number of benzene rings is 2. The monoisotopic (exact) mass is 389 g/mol. The van der Waals surface area contributed by atoms with Gasteiger partial charge in [0.2, 0.25) is 5.91 Å². The van der Waals surface area contributed by atoms with Crippen LogP contribution in [0.4, 0.5) is 0 Å². The van der Waals surface area contributed by atoms with Crippen LogP contribution in [0.3, 0.4) is 0 Å². The zero-order valence-corrected chi connectivity index (χ0v) is 16.3. The van der Waals surface area contributed by atoms with Gasteiger partial charge in [0.15, 0.2) is 0 Å². The molecule has 2 amide bonds. The molecule has 0 aliphatic carbocycles. The molecule has 0 bridgehead atoms. The van der Waals surface area contributed by atoms with Gasteiger partial charge in [-0.2, -0.15) is 0 Å². The summed E-state index contributed by atoms with van der Waals surface area (Å²) in [6.07, 6.45) is 1.25. The van der Waals surface area contributed by atoms with Gasteiger partial charge in [0, 0.05) is 48.8 Å². The van der Waals surface area contributed by atoms with Crippen LogP contribution in [0.25, 0.3) is 10.9 Å². The Morgan fingerprint density at radius 3 is 2.86 bits per heavy atom. The van der Waals surface area contributed by atoms with Gasteiger partial charge in [-0.1, -0.05) is 36.4 Å². The van der Waals surface area contributed by atoms with Gasteiger partial charge in [-0.05, 0) is 29.7 Å². The number of hydrogen-bond donors (Lipinski definition) is 2. The summed E-state index contributed by atoms with van der Waals surface area (Å²) >= 11 is 0. The molecule has 2 N–H and O–H groups in total. The highest BCUT2D eigenvalue weighted by atomic mass is 16.5. The van der Waals surface area contributed by atoms with Crippen LogP contribution in [0.5, 0.6) is 0 Å². The highest BCUT2D eigenvalue weighted by Gasteiger charge is 2.48. The lowest BCUT2D eigenvalue weighted by atomic mass is 9.90. The van der Waals surface area contributed by atoms with Crippen LogP contribution >= 0.6 is 0 Å². The largest absolute Gasteiger partial charge is 0.385 e. The van der Waals surface area contributed by atoms with Crippen molar-refractivity contribution in [3.05, 3.63) is 70.9 Å². The van der Waals surface area contributed by atoms with E-state index < -0.39 is 6.04 Å². The number of amides is 2. The maximum atomic E-state index is 13.3. The fourth-order valence-corrected chi connectivity index (χ4v) is 4.68. The van der Waals surface area contributed by atoms with E-state index in [0.29, 0.717) is 25.1 Å². The number of aromatic nitrogens is 1. The molecule has 1 aromatic heterocycles. The predicted octanol–water partition coefficient (Wildman–Crippen LogP) is 2.79. The number of carbonyl (C=O) groups excluding carboxylic acids is 2. The Morgan fingerprint density at radius 2 is 2.00 bits per heavy atom. The van der Waals surface area contributed by atoms with E-state index in [1.54, 1.807) is 12.0 Å². The summed E-state index contributed by atoms with van der Waals surface area (Å²) in [7, 11) is 1.65. The van der Waals surface area contributed by atoms with Crippen molar-refractivity contribution in [2.24, 2.45) is 0 Å². The molecule has 6 heteroatoms. The Labute approximate surface area is 168 Å². The average molecular weight is 389 g/mol. The minimum Gasteiger partial charge on any atom is -0.385 e. The molecule has 2 aromatic carbocycles. The predicted molar refractivity (Wildman–Crippen MR) is 110 cm³/mol. The minimum atomic E-state index is -0.533. The molecule has 29 heavy (non-hydrogen) atoms. The number of para-hydroxylation sites is 1. The number of hydrogen-bond acceptors (Lipinski definition) is 3. The number of fused-ring (bicyclic) bond motifs is 7. The molecule has 0 spiro atoms. The normalized spacial score (nSPS) is 19.8. The number of methoxy groups -OCH3 is 1. The fourth-order valence-electron chi connectivity index (χ4n) is 4.68. The van der Waals surface area contributed by atoms with E-state index in [0.717, 1.165) is 34.1 Å². The smallest absolute Gasteiger partial charge is 0.255 e. The Kier molecular flexibility index (Phi) is 4.36. The van der Waals surface area contributed by atoms with Crippen LogP contribution in [-0.4, -0.2) is 48.0 Å². The third kappa shape index (κ3) is 2.75. The molecule has 0 radical (unpaired) electrons. The van der Waals surface area contributed by atoms with Gasteiger partial charge in [0.05, 0.1) is 6.04 Å². The number of H-pyrrole nitrogens is 1. The van der Waals surface area contributed by atoms with Crippen molar-refractivity contribution in [1.82, 2.24) is 15.2 Å².